The summed E-state index contributed by atoms with van der Waals surface area (Å²) in [5, 5.41) is 2.89. The second-order valence-electron chi connectivity index (χ2n) is 8.80. The van der Waals surface area contributed by atoms with Crippen molar-refractivity contribution in [3.05, 3.63) is 83.6 Å². The van der Waals surface area contributed by atoms with E-state index in [9.17, 15) is 9.59 Å². The van der Waals surface area contributed by atoms with Gasteiger partial charge >= 0.3 is 0 Å². The summed E-state index contributed by atoms with van der Waals surface area (Å²) in [6.45, 7) is 4.46. The average molecular weight is 448 g/mol. The molecule has 1 aliphatic rings. The van der Waals surface area contributed by atoms with Crippen molar-refractivity contribution >= 4 is 11.8 Å². The monoisotopic (exact) mass is 447 g/mol. The summed E-state index contributed by atoms with van der Waals surface area (Å²) in [7, 11) is 0. The van der Waals surface area contributed by atoms with E-state index in [0.29, 0.717) is 31.2 Å². The predicted octanol–water partition coefficient (Wildman–Crippen LogP) is 4.99. The van der Waals surface area contributed by atoms with Gasteiger partial charge in [-0.1, -0.05) is 50.1 Å². The van der Waals surface area contributed by atoms with E-state index in [1.165, 1.54) is 0 Å². The minimum atomic E-state index is -0.228. The van der Waals surface area contributed by atoms with E-state index in [4.69, 9.17) is 4.42 Å². The molecule has 0 unspecified atom stereocenters. The lowest BCUT2D eigenvalue weighted by atomic mass is 10.1. The highest BCUT2D eigenvalue weighted by molar-refractivity contribution is 5.91. The Kier molecular flexibility index (Phi) is 7.66. The molecule has 0 atom stereocenters. The van der Waals surface area contributed by atoms with Gasteiger partial charge in [0.2, 0.25) is 5.91 Å². The van der Waals surface area contributed by atoms with Gasteiger partial charge in [0, 0.05) is 30.9 Å². The van der Waals surface area contributed by atoms with Crippen LogP contribution in [0.1, 0.15) is 66.6 Å². The van der Waals surface area contributed by atoms with Crippen LogP contribution >= 0.6 is 0 Å². The average Bonchev–Trinajstić information content (AvgIpc) is 3.61. The molecule has 0 spiro atoms. The zero-order chi connectivity index (χ0) is 23.0. The smallest absolute Gasteiger partial charge is 0.287 e. The van der Waals surface area contributed by atoms with Crippen molar-refractivity contribution in [3.63, 3.8) is 0 Å². The maximum Gasteiger partial charge on any atom is 0.287 e. The Morgan fingerprint density at radius 3 is 2.61 bits per heavy atom. The molecule has 0 bridgehead atoms. The van der Waals surface area contributed by atoms with Gasteiger partial charge in [0.1, 0.15) is 5.76 Å². The molecule has 1 aromatic carbocycles. The van der Waals surface area contributed by atoms with Crippen LogP contribution in [0.4, 0.5) is 0 Å². The number of carbonyl (C=O) groups is 2. The first-order valence-electron chi connectivity index (χ1n) is 12.0. The summed E-state index contributed by atoms with van der Waals surface area (Å²) in [6.07, 6.45) is 7.29. The molecular formula is C27H33N3O3. The fourth-order valence-electron chi connectivity index (χ4n) is 4.53. The summed E-state index contributed by atoms with van der Waals surface area (Å²) >= 11 is 0. The number of rotatable bonds is 10. The van der Waals surface area contributed by atoms with Crippen LogP contribution < -0.4 is 5.32 Å². The van der Waals surface area contributed by atoms with E-state index < -0.39 is 0 Å². The molecule has 2 heterocycles. The summed E-state index contributed by atoms with van der Waals surface area (Å²) < 4.78 is 7.92. The Labute approximate surface area is 195 Å². The molecule has 1 N–H and O–H groups in total. The summed E-state index contributed by atoms with van der Waals surface area (Å²) in [6, 6.07) is 17.4. The van der Waals surface area contributed by atoms with Crippen LogP contribution in [0.15, 0.2) is 65.2 Å². The minimum Gasteiger partial charge on any atom is -0.454 e. The van der Waals surface area contributed by atoms with Crippen molar-refractivity contribution < 1.29 is 14.0 Å². The summed E-state index contributed by atoms with van der Waals surface area (Å²) in [5.41, 5.74) is 2.11. The quantitative estimate of drug-likeness (QED) is 0.476. The molecule has 1 fully saturated rings. The van der Waals surface area contributed by atoms with Crippen molar-refractivity contribution in [1.29, 1.82) is 0 Å². The third-order valence-electron chi connectivity index (χ3n) is 6.29. The molecule has 4 rings (SSSR count). The molecule has 174 valence electrons. The molecule has 2 amide bonds. The molecule has 0 saturated heterocycles. The van der Waals surface area contributed by atoms with Gasteiger partial charge in [0.15, 0.2) is 5.76 Å². The number of nitrogens with one attached hydrogen (secondary N) is 1. The standard InChI is InChI=1S/C27H33N3O3/c1-2-16-30(27(32)22-11-6-7-12-22)19-23-13-8-17-29(23)20-24-14-15-25(33-24)26(31)28-18-21-9-4-3-5-10-21/h3-5,8-10,13-15,17,22H,2,6-7,11-12,16,18-20H2,1H3,(H,28,31). The zero-order valence-electron chi connectivity index (χ0n) is 19.3. The fraction of sp³-hybridized carbons (Fsp3) is 0.407. The van der Waals surface area contributed by atoms with E-state index in [1.807, 2.05) is 53.6 Å². The van der Waals surface area contributed by atoms with Gasteiger partial charge in [-0.15, -0.1) is 0 Å². The number of amides is 2. The van der Waals surface area contributed by atoms with E-state index in [1.54, 1.807) is 6.07 Å². The van der Waals surface area contributed by atoms with Crippen molar-refractivity contribution in [3.8, 4) is 0 Å². The first-order valence-corrected chi connectivity index (χ1v) is 12.0. The van der Waals surface area contributed by atoms with Crippen LogP contribution in [0.25, 0.3) is 0 Å². The number of benzene rings is 1. The van der Waals surface area contributed by atoms with Gasteiger partial charge in [-0.3, -0.25) is 9.59 Å². The molecule has 6 heteroatoms. The van der Waals surface area contributed by atoms with Crippen molar-refractivity contribution in [2.24, 2.45) is 5.92 Å². The van der Waals surface area contributed by atoms with Crippen LogP contribution in [0, 0.1) is 5.92 Å². The predicted molar refractivity (Wildman–Crippen MR) is 128 cm³/mol. The van der Waals surface area contributed by atoms with Crippen LogP contribution in [0.2, 0.25) is 0 Å². The van der Waals surface area contributed by atoms with Gasteiger partial charge in [0.25, 0.3) is 5.91 Å². The van der Waals surface area contributed by atoms with E-state index in [2.05, 4.69) is 22.9 Å². The highest BCUT2D eigenvalue weighted by atomic mass is 16.4. The highest BCUT2D eigenvalue weighted by Gasteiger charge is 2.27. The lowest BCUT2D eigenvalue weighted by Gasteiger charge is -2.26. The van der Waals surface area contributed by atoms with Gasteiger partial charge in [-0.2, -0.15) is 0 Å². The molecule has 0 aliphatic heterocycles. The molecular weight excluding hydrogens is 414 g/mol. The van der Waals surface area contributed by atoms with Gasteiger partial charge in [-0.05, 0) is 49.1 Å². The van der Waals surface area contributed by atoms with Gasteiger partial charge in [-0.25, -0.2) is 0 Å². The molecule has 6 nitrogen and oxygen atoms in total. The third kappa shape index (κ3) is 5.95. The number of aromatic nitrogens is 1. The normalized spacial score (nSPS) is 13.8. The molecule has 33 heavy (non-hydrogen) atoms. The van der Waals surface area contributed by atoms with Crippen LogP contribution in [0.3, 0.4) is 0 Å². The first-order chi connectivity index (χ1) is 16.1. The molecule has 3 aromatic rings. The Morgan fingerprint density at radius 1 is 1.06 bits per heavy atom. The molecule has 0 radical (unpaired) electrons. The number of hydrogen-bond acceptors (Lipinski definition) is 3. The number of nitrogens with zero attached hydrogens (tertiary/aromatic N) is 2. The van der Waals surface area contributed by atoms with Crippen LogP contribution in [-0.2, 0) is 24.4 Å². The summed E-state index contributed by atoms with van der Waals surface area (Å²) in [5.74, 6) is 1.26. The minimum absolute atomic E-state index is 0.182. The largest absolute Gasteiger partial charge is 0.454 e. The maximum atomic E-state index is 13.0. The van der Waals surface area contributed by atoms with Crippen LogP contribution in [-0.4, -0.2) is 27.8 Å². The first kappa shape index (κ1) is 22.9. The number of furan rings is 1. The molecule has 2 aromatic heterocycles. The Balaban J connectivity index is 1.37. The van der Waals surface area contributed by atoms with Crippen molar-refractivity contribution in [1.82, 2.24) is 14.8 Å². The Morgan fingerprint density at radius 2 is 1.85 bits per heavy atom. The fourth-order valence-corrected chi connectivity index (χ4v) is 4.53. The van der Waals surface area contributed by atoms with Gasteiger partial charge < -0.3 is 19.2 Å². The second-order valence-corrected chi connectivity index (χ2v) is 8.80. The SMILES string of the molecule is CCCN(Cc1cccn1Cc1ccc(C(=O)NCc2ccccc2)o1)C(=O)C1CCCC1. The van der Waals surface area contributed by atoms with E-state index in [-0.39, 0.29) is 17.7 Å². The molecule has 1 saturated carbocycles. The lowest BCUT2D eigenvalue weighted by molar-refractivity contribution is -0.136. The third-order valence-corrected chi connectivity index (χ3v) is 6.29. The highest BCUT2D eigenvalue weighted by Crippen LogP contribution is 2.27. The second kappa shape index (κ2) is 11.0. The summed E-state index contributed by atoms with van der Waals surface area (Å²) in [4.78, 5) is 27.5. The Bertz CT molecular complexity index is 1050. The number of carbonyl (C=O) groups excluding carboxylic acids is 2. The topological polar surface area (TPSA) is 67.5 Å². The zero-order valence-corrected chi connectivity index (χ0v) is 19.3. The molecule has 1 aliphatic carbocycles. The number of hydrogen-bond donors (Lipinski definition) is 1. The van der Waals surface area contributed by atoms with Gasteiger partial charge in [0.05, 0.1) is 13.1 Å². The van der Waals surface area contributed by atoms with E-state index >= 15 is 0 Å². The van der Waals surface area contributed by atoms with Crippen LogP contribution in [0.5, 0.6) is 0 Å². The van der Waals surface area contributed by atoms with Crippen molar-refractivity contribution in [2.45, 2.75) is 58.7 Å². The van der Waals surface area contributed by atoms with E-state index in [0.717, 1.165) is 49.9 Å². The Hall–Kier alpha value is -3.28. The van der Waals surface area contributed by atoms with Crippen molar-refractivity contribution in [2.75, 3.05) is 6.54 Å². The lowest BCUT2D eigenvalue weighted by Crippen LogP contribution is -2.36. The maximum absolute atomic E-state index is 13.0.